The molecule has 0 radical (unpaired) electrons. The number of carbonyl (C=O) groups excluding carboxylic acids is 2. The molecule has 258 valence electrons. The van der Waals surface area contributed by atoms with Crippen molar-refractivity contribution in [3.63, 3.8) is 0 Å². The number of nitrogens with zero attached hydrogens (tertiary/aromatic N) is 4. The van der Waals surface area contributed by atoms with Gasteiger partial charge in [0, 0.05) is 35.3 Å². The quantitative estimate of drug-likeness (QED) is 0.221. The van der Waals surface area contributed by atoms with Gasteiger partial charge in [0.05, 0.1) is 12.2 Å². The number of benzene rings is 2. The van der Waals surface area contributed by atoms with Crippen molar-refractivity contribution in [2.24, 2.45) is 0 Å². The lowest BCUT2D eigenvalue weighted by atomic mass is 9.97. The van der Waals surface area contributed by atoms with Crippen LogP contribution in [-0.2, 0) is 11.3 Å². The minimum atomic E-state index is -5.08. The van der Waals surface area contributed by atoms with E-state index in [0.717, 1.165) is 48.4 Å². The summed E-state index contributed by atoms with van der Waals surface area (Å²) in [6.07, 6.45) is -1.96. The highest BCUT2D eigenvalue weighted by Gasteiger charge is 2.38. The van der Waals surface area contributed by atoms with E-state index >= 15 is 0 Å². The first kappa shape index (κ1) is 36.0. The molecule has 5 rings (SSSR count). The largest absolute Gasteiger partial charge is 0.490 e. The second-order valence-corrected chi connectivity index (χ2v) is 11.7. The van der Waals surface area contributed by atoms with Crippen molar-refractivity contribution < 1.29 is 41.4 Å². The number of amides is 3. The number of carboxylic acids is 1. The molecule has 3 amide bonds. The Morgan fingerprint density at radius 3 is 2.38 bits per heavy atom. The van der Waals surface area contributed by atoms with Crippen molar-refractivity contribution >= 4 is 35.4 Å². The van der Waals surface area contributed by atoms with E-state index in [2.05, 4.69) is 32.9 Å². The summed E-state index contributed by atoms with van der Waals surface area (Å²) < 4.78 is 61.7. The van der Waals surface area contributed by atoms with Crippen LogP contribution in [0.15, 0.2) is 36.4 Å². The molecule has 0 saturated carbocycles. The third-order valence-corrected chi connectivity index (χ3v) is 7.83. The Morgan fingerprint density at radius 1 is 1.12 bits per heavy atom. The second kappa shape index (κ2) is 14.9. The number of fused-ring (bicyclic) bond motifs is 1. The molecule has 1 saturated heterocycles. The molecule has 48 heavy (non-hydrogen) atoms. The lowest BCUT2D eigenvalue weighted by Gasteiger charge is -2.31. The van der Waals surface area contributed by atoms with Crippen molar-refractivity contribution in [1.82, 2.24) is 25.5 Å². The van der Waals surface area contributed by atoms with Gasteiger partial charge in [-0.1, -0.05) is 12.1 Å². The van der Waals surface area contributed by atoms with Crippen LogP contribution >= 0.6 is 0 Å². The fourth-order valence-electron chi connectivity index (χ4n) is 5.43. The fraction of sp³-hybridized carbons (Fsp3) is 0.406. The Hall–Kier alpha value is -4.86. The second-order valence-electron chi connectivity index (χ2n) is 11.7. The molecule has 2 aliphatic rings. The number of hydrogen-bond acceptors (Lipinski definition) is 7. The number of alkyl halides is 3. The number of carboxylic acid groups (broad SMARTS) is 1. The van der Waals surface area contributed by atoms with Gasteiger partial charge in [-0.2, -0.15) is 18.2 Å². The smallest absolute Gasteiger partial charge is 0.475 e. The lowest BCUT2D eigenvalue weighted by Crippen LogP contribution is -2.43. The highest BCUT2D eigenvalue weighted by atomic mass is 19.4. The molecule has 1 atom stereocenters. The summed E-state index contributed by atoms with van der Waals surface area (Å²) in [5, 5.41) is 16.0. The van der Waals surface area contributed by atoms with Crippen LogP contribution in [0.1, 0.15) is 54.6 Å². The summed E-state index contributed by atoms with van der Waals surface area (Å²) in [5.74, 6) is -4.46. The van der Waals surface area contributed by atoms with E-state index in [9.17, 15) is 31.5 Å². The third-order valence-electron chi connectivity index (χ3n) is 7.83. The topological polar surface area (TPSA) is 140 Å². The van der Waals surface area contributed by atoms with Crippen molar-refractivity contribution in [1.29, 1.82) is 0 Å². The number of halogens is 5. The van der Waals surface area contributed by atoms with E-state index in [4.69, 9.17) is 14.9 Å². The predicted octanol–water partition coefficient (Wildman–Crippen LogP) is 5.76. The van der Waals surface area contributed by atoms with E-state index in [1.54, 1.807) is 12.1 Å². The van der Waals surface area contributed by atoms with Crippen LogP contribution in [0.4, 0.5) is 44.2 Å². The van der Waals surface area contributed by atoms with Gasteiger partial charge < -0.3 is 26.0 Å². The van der Waals surface area contributed by atoms with Crippen molar-refractivity contribution in [3.8, 4) is 11.3 Å². The Balaban J connectivity index is 0.000000671. The molecule has 2 aromatic carbocycles. The molecule has 0 aliphatic carbocycles. The standard InChI is InChI=1S/C30H35F2N7O2.C2HF3O2/c1-17(2)35-28(40)19-11-10-18(3)21(15-19)25-22-16-34-30(41)39(26-23(31)8-5-9-24(26)32)27(22)37-29(36-25)33-13-12-20-7-6-14-38(20)4;3-2(4,5)1(6)7/h5,8-11,15,17,20H,6-7,12-14,16H2,1-4H3,(H,34,41)(H,35,40)(H,33,36,37);(H,6,7). The van der Waals surface area contributed by atoms with Gasteiger partial charge in [0.25, 0.3) is 5.91 Å². The number of hydrogen-bond donors (Lipinski definition) is 4. The molecule has 3 aromatic rings. The van der Waals surface area contributed by atoms with Gasteiger partial charge in [-0.15, -0.1) is 0 Å². The summed E-state index contributed by atoms with van der Waals surface area (Å²) in [6, 6.07) is 8.44. The van der Waals surface area contributed by atoms with E-state index in [-0.39, 0.29) is 30.3 Å². The van der Waals surface area contributed by atoms with Crippen molar-refractivity contribution in [2.45, 2.75) is 64.8 Å². The average molecular weight is 678 g/mol. The monoisotopic (exact) mass is 677 g/mol. The fourth-order valence-corrected chi connectivity index (χ4v) is 5.43. The molecule has 0 spiro atoms. The zero-order valence-electron chi connectivity index (χ0n) is 26.7. The van der Waals surface area contributed by atoms with Crippen LogP contribution in [0.25, 0.3) is 11.3 Å². The lowest BCUT2D eigenvalue weighted by molar-refractivity contribution is -0.192. The van der Waals surface area contributed by atoms with Gasteiger partial charge in [0.15, 0.2) is 5.82 Å². The number of aryl methyl sites for hydroxylation is 1. The van der Waals surface area contributed by atoms with Gasteiger partial charge in [0.1, 0.15) is 17.3 Å². The number of nitrogens with one attached hydrogen (secondary N) is 3. The first-order valence-electron chi connectivity index (χ1n) is 15.2. The molecule has 1 unspecified atom stereocenters. The summed E-state index contributed by atoms with van der Waals surface area (Å²) in [7, 11) is 2.11. The van der Waals surface area contributed by atoms with Crippen molar-refractivity contribution in [3.05, 3.63) is 64.7 Å². The van der Waals surface area contributed by atoms with E-state index in [1.165, 1.54) is 6.07 Å². The van der Waals surface area contributed by atoms with Crippen LogP contribution in [0.3, 0.4) is 0 Å². The van der Waals surface area contributed by atoms with Gasteiger partial charge >= 0.3 is 18.2 Å². The zero-order valence-corrected chi connectivity index (χ0v) is 26.7. The number of aromatic nitrogens is 2. The number of carbonyl (C=O) groups is 3. The van der Waals surface area contributed by atoms with E-state index in [1.807, 2.05) is 26.8 Å². The SMILES string of the molecule is Cc1ccc(C(=O)NC(C)C)cc1-c1nc(NCCC2CCCN2C)nc2c1CNC(=O)N2c1c(F)cccc1F.O=C(O)C(F)(F)F. The molecule has 2 aliphatic heterocycles. The number of anilines is 3. The van der Waals surface area contributed by atoms with Gasteiger partial charge in [-0.25, -0.2) is 28.3 Å². The predicted molar refractivity (Wildman–Crippen MR) is 168 cm³/mol. The molecular weight excluding hydrogens is 641 g/mol. The van der Waals surface area contributed by atoms with Crippen LogP contribution in [0.2, 0.25) is 0 Å². The van der Waals surface area contributed by atoms with E-state index < -0.39 is 35.5 Å². The van der Waals surface area contributed by atoms with Gasteiger partial charge in [-0.05, 0) is 83.5 Å². The molecule has 16 heteroatoms. The summed E-state index contributed by atoms with van der Waals surface area (Å²) in [4.78, 5) is 47.5. The molecule has 4 N–H and O–H groups in total. The third kappa shape index (κ3) is 8.34. The number of urea groups is 1. The molecule has 3 heterocycles. The highest BCUT2D eigenvalue weighted by molar-refractivity contribution is 6.02. The molecular formula is C32H36F5N7O4. The first-order chi connectivity index (χ1) is 22.6. The summed E-state index contributed by atoms with van der Waals surface area (Å²) in [5.41, 5.74) is 2.37. The molecule has 1 aromatic heterocycles. The maximum Gasteiger partial charge on any atom is 0.490 e. The van der Waals surface area contributed by atoms with Crippen LogP contribution in [0, 0.1) is 18.6 Å². The Bertz CT molecular complexity index is 1660. The number of aliphatic carboxylic acids is 1. The minimum Gasteiger partial charge on any atom is -0.475 e. The minimum absolute atomic E-state index is 0.0467. The molecule has 1 fully saturated rings. The number of para-hydroxylation sites is 1. The summed E-state index contributed by atoms with van der Waals surface area (Å²) >= 11 is 0. The molecule has 11 nitrogen and oxygen atoms in total. The highest BCUT2D eigenvalue weighted by Crippen LogP contribution is 2.39. The maximum absolute atomic E-state index is 15.0. The van der Waals surface area contributed by atoms with Gasteiger partial charge in [0.2, 0.25) is 5.95 Å². The Kier molecular flexibility index (Phi) is 11.2. The van der Waals surface area contributed by atoms with Crippen molar-refractivity contribution in [2.75, 3.05) is 30.4 Å². The molecule has 0 bridgehead atoms. The van der Waals surface area contributed by atoms with E-state index in [0.29, 0.717) is 35.0 Å². The number of rotatable bonds is 8. The normalized spacial score (nSPS) is 16.2. The van der Waals surface area contributed by atoms with Crippen LogP contribution in [0.5, 0.6) is 0 Å². The Labute approximate surface area is 273 Å². The first-order valence-corrected chi connectivity index (χ1v) is 15.2. The number of likely N-dealkylation sites (tertiary alicyclic amines) is 1. The van der Waals surface area contributed by atoms with Crippen LogP contribution in [-0.4, -0.2) is 76.3 Å². The Morgan fingerprint density at radius 2 is 1.79 bits per heavy atom. The zero-order chi connectivity index (χ0) is 35.3. The average Bonchev–Trinajstić information content (AvgIpc) is 3.41. The van der Waals surface area contributed by atoms with Crippen LogP contribution < -0.4 is 20.9 Å². The van der Waals surface area contributed by atoms with Gasteiger partial charge in [-0.3, -0.25) is 4.79 Å². The summed E-state index contributed by atoms with van der Waals surface area (Å²) in [6.45, 7) is 7.34. The maximum atomic E-state index is 15.0.